The number of aryl methyl sites for hydroxylation is 2. The maximum atomic E-state index is 5.64. The molecular weight excluding hydrogens is 290 g/mol. The number of hydrogen-bond acceptors (Lipinski definition) is 4. The van der Waals surface area contributed by atoms with Crippen molar-refractivity contribution in [3.8, 4) is 5.75 Å². The fourth-order valence-corrected chi connectivity index (χ4v) is 2.59. The van der Waals surface area contributed by atoms with Crippen molar-refractivity contribution in [2.75, 3.05) is 7.11 Å². The second kappa shape index (κ2) is 6.71. The summed E-state index contributed by atoms with van der Waals surface area (Å²) in [4.78, 5) is 4.49. The van der Waals surface area contributed by atoms with Gasteiger partial charge in [0.25, 0.3) is 0 Å². The Hall–Kier alpha value is -2.53. The normalized spacial score (nSPS) is 12.3. The molecule has 1 atom stereocenters. The van der Waals surface area contributed by atoms with Crippen molar-refractivity contribution >= 4 is 0 Å². The second-order valence-corrected chi connectivity index (χ2v) is 5.50. The van der Waals surface area contributed by atoms with Crippen LogP contribution >= 0.6 is 0 Å². The zero-order valence-electron chi connectivity index (χ0n) is 13.6. The molecule has 2 heterocycles. The molecule has 0 fully saturated rings. The van der Waals surface area contributed by atoms with Crippen LogP contribution in [0, 0.1) is 6.92 Å². The van der Waals surface area contributed by atoms with Crippen LogP contribution in [0.15, 0.2) is 53.2 Å². The molecule has 120 valence electrons. The lowest BCUT2D eigenvalue weighted by molar-refractivity contribution is 0.414. The summed E-state index contributed by atoms with van der Waals surface area (Å²) < 4.78 is 12.9. The van der Waals surface area contributed by atoms with E-state index in [1.807, 2.05) is 55.2 Å². The van der Waals surface area contributed by atoms with Crippen LogP contribution in [-0.4, -0.2) is 16.7 Å². The van der Waals surface area contributed by atoms with Gasteiger partial charge in [-0.1, -0.05) is 12.1 Å². The van der Waals surface area contributed by atoms with E-state index in [2.05, 4.69) is 22.4 Å². The van der Waals surface area contributed by atoms with Crippen molar-refractivity contribution in [1.29, 1.82) is 0 Å². The van der Waals surface area contributed by atoms with Crippen LogP contribution in [0.1, 0.15) is 29.0 Å². The molecule has 0 bridgehead atoms. The van der Waals surface area contributed by atoms with E-state index >= 15 is 0 Å². The van der Waals surface area contributed by atoms with E-state index in [0.717, 1.165) is 28.7 Å². The zero-order valence-corrected chi connectivity index (χ0v) is 13.6. The Morgan fingerprint density at radius 3 is 2.57 bits per heavy atom. The van der Waals surface area contributed by atoms with Gasteiger partial charge in [-0.2, -0.15) is 0 Å². The minimum Gasteiger partial charge on any atom is -0.497 e. The summed E-state index contributed by atoms with van der Waals surface area (Å²) in [6, 6.07) is 12.0. The van der Waals surface area contributed by atoms with Crippen molar-refractivity contribution in [3.05, 3.63) is 71.7 Å². The molecule has 0 amide bonds. The van der Waals surface area contributed by atoms with Crippen LogP contribution in [0.5, 0.6) is 5.75 Å². The molecule has 1 N–H and O–H groups in total. The highest BCUT2D eigenvalue weighted by Gasteiger charge is 2.18. The van der Waals surface area contributed by atoms with Crippen LogP contribution in [0.4, 0.5) is 0 Å². The SMILES string of the molecule is COc1ccc([C@@H](NCc2ccc(C)o2)c2nccn2C)cc1. The van der Waals surface area contributed by atoms with E-state index in [-0.39, 0.29) is 6.04 Å². The molecule has 0 aliphatic carbocycles. The highest BCUT2D eigenvalue weighted by Crippen LogP contribution is 2.23. The number of rotatable bonds is 6. The summed E-state index contributed by atoms with van der Waals surface area (Å²) in [6.45, 7) is 2.58. The van der Waals surface area contributed by atoms with Crippen LogP contribution < -0.4 is 10.1 Å². The first-order chi connectivity index (χ1) is 11.2. The molecule has 0 aliphatic heterocycles. The number of furan rings is 1. The van der Waals surface area contributed by atoms with Gasteiger partial charge in [-0.3, -0.25) is 5.32 Å². The fourth-order valence-electron chi connectivity index (χ4n) is 2.59. The second-order valence-electron chi connectivity index (χ2n) is 5.50. The quantitative estimate of drug-likeness (QED) is 0.759. The lowest BCUT2D eigenvalue weighted by Gasteiger charge is -2.19. The summed E-state index contributed by atoms with van der Waals surface area (Å²) in [5.41, 5.74) is 1.13. The van der Waals surface area contributed by atoms with Gasteiger partial charge in [0, 0.05) is 19.4 Å². The first-order valence-electron chi connectivity index (χ1n) is 7.57. The molecule has 23 heavy (non-hydrogen) atoms. The van der Waals surface area contributed by atoms with Crippen molar-refractivity contribution < 1.29 is 9.15 Å². The lowest BCUT2D eigenvalue weighted by Crippen LogP contribution is -2.24. The standard InChI is InChI=1S/C18H21N3O2/c1-13-4-7-16(23-13)12-20-17(18-19-10-11-21(18)2)14-5-8-15(22-3)9-6-14/h4-11,17,20H,12H2,1-3H3/t17-/m1/s1. The minimum absolute atomic E-state index is 0.0219. The topological polar surface area (TPSA) is 52.2 Å². The van der Waals surface area contributed by atoms with E-state index in [1.54, 1.807) is 7.11 Å². The van der Waals surface area contributed by atoms with Gasteiger partial charge in [0.1, 0.15) is 23.1 Å². The van der Waals surface area contributed by atoms with E-state index < -0.39 is 0 Å². The Bertz CT molecular complexity index is 759. The largest absolute Gasteiger partial charge is 0.497 e. The molecule has 2 aromatic heterocycles. The van der Waals surface area contributed by atoms with Gasteiger partial charge in [-0.05, 0) is 36.8 Å². The molecule has 0 unspecified atom stereocenters. The maximum absolute atomic E-state index is 5.64. The van der Waals surface area contributed by atoms with E-state index in [4.69, 9.17) is 9.15 Å². The van der Waals surface area contributed by atoms with Crippen molar-refractivity contribution in [2.24, 2.45) is 7.05 Å². The van der Waals surface area contributed by atoms with Gasteiger partial charge in [0.2, 0.25) is 0 Å². The Morgan fingerprint density at radius 1 is 1.22 bits per heavy atom. The monoisotopic (exact) mass is 311 g/mol. The number of nitrogens with zero attached hydrogens (tertiary/aromatic N) is 2. The molecule has 0 aliphatic rings. The number of imidazole rings is 1. The highest BCUT2D eigenvalue weighted by molar-refractivity contribution is 5.32. The van der Waals surface area contributed by atoms with Gasteiger partial charge in [0.05, 0.1) is 19.7 Å². The summed E-state index contributed by atoms with van der Waals surface area (Å²) >= 11 is 0. The van der Waals surface area contributed by atoms with E-state index in [9.17, 15) is 0 Å². The number of methoxy groups -OCH3 is 1. The van der Waals surface area contributed by atoms with Crippen LogP contribution in [0.2, 0.25) is 0 Å². The minimum atomic E-state index is -0.0219. The first kappa shape index (κ1) is 15.4. The molecule has 0 saturated heterocycles. The lowest BCUT2D eigenvalue weighted by atomic mass is 10.1. The van der Waals surface area contributed by atoms with Crippen molar-refractivity contribution in [3.63, 3.8) is 0 Å². The summed E-state index contributed by atoms with van der Waals surface area (Å²) in [6.07, 6.45) is 3.76. The van der Waals surface area contributed by atoms with E-state index in [1.165, 1.54) is 0 Å². The molecule has 0 radical (unpaired) electrons. The molecule has 3 rings (SSSR count). The summed E-state index contributed by atoms with van der Waals surface area (Å²) in [5, 5.41) is 3.53. The van der Waals surface area contributed by atoms with Gasteiger partial charge in [-0.15, -0.1) is 0 Å². The summed E-state index contributed by atoms with van der Waals surface area (Å²) in [7, 11) is 3.67. The van der Waals surface area contributed by atoms with E-state index in [0.29, 0.717) is 6.54 Å². The van der Waals surface area contributed by atoms with Crippen molar-refractivity contribution in [2.45, 2.75) is 19.5 Å². The van der Waals surface area contributed by atoms with Crippen molar-refractivity contribution in [1.82, 2.24) is 14.9 Å². The molecule has 0 saturated carbocycles. The number of nitrogens with one attached hydrogen (secondary N) is 1. The Morgan fingerprint density at radius 2 is 2.00 bits per heavy atom. The Labute approximate surface area is 135 Å². The maximum Gasteiger partial charge on any atom is 0.130 e. The number of benzene rings is 1. The zero-order chi connectivity index (χ0) is 16.2. The highest BCUT2D eigenvalue weighted by atomic mass is 16.5. The molecule has 3 aromatic rings. The third-order valence-electron chi connectivity index (χ3n) is 3.84. The summed E-state index contributed by atoms with van der Waals surface area (Å²) in [5.74, 6) is 3.63. The van der Waals surface area contributed by atoms with Gasteiger partial charge in [-0.25, -0.2) is 4.98 Å². The predicted octanol–water partition coefficient (Wildman–Crippen LogP) is 3.21. The van der Waals surface area contributed by atoms with Crippen LogP contribution in [-0.2, 0) is 13.6 Å². The molecule has 1 aromatic carbocycles. The van der Waals surface area contributed by atoms with Crippen LogP contribution in [0.25, 0.3) is 0 Å². The van der Waals surface area contributed by atoms with Gasteiger partial charge >= 0.3 is 0 Å². The van der Waals surface area contributed by atoms with Gasteiger partial charge < -0.3 is 13.7 Å². The third-order valence-corrected chi connectivity index (χ3v) is 3.84. The number of ether oxygens (including phenoxy) is 1. The number of aromatic nitrogens is 2. The molecule has 0 spiro atoms. The predicted molar refractivity (Wildman–Crippen MR) is 88.3 cm³/mol. The Balaban J connectivity index is 1.85. The molecule has 5 heteroatoms. The smallest absolute Gasteiger partial charge is 0.130 e. The third kappa shape index (κ3) is 3.46. The molecular formula is C18H21N3O2. The fraction of sp³-hybridized carbons (Fsp3) is 0.278. The average molecular weight is 311 g/mol. The van der Waals surface area contributed by atoms with Gasteiger partial charge in [0.15, 0.2) is 0 Å². The Kier molecular flexibility index (Phi) is 4.48. The number of hydrogen-bond donors (Lipinski definition) is 1. The first-order valence-corrected chi connectivity index (χ1v) is 7.57. The molecule has 5 nitrogen and oxygen atoms in total. The van der Waals surface area contributed by atoms with Crippen LogP contribution in [0.3, 0.4) is 0 Å². The average Bonchev–Trinajstić information content (AvgIpc) is 3.17.